The van der Waals surface area contributed by atoms with Crippen LogP contribution in [-0.4, -0.2) is 10.9 Å². The zero-order valence-electron chi connectivity index (χ0n) is 32.6. The topological polar surface area (TPSA) is 15.3 Å². The van der Waals surface area contributed by atoms with Crippen LogP contribution in [0.4, 0.5) is 0 Å². The molecule has 4 unspecified atom stereocenters. The van der Waals surface area contributed by atoms with Crippen molar-refractivity contribution < 1.29 is 0 Å². The number of hydrogen-bond donors (Lipinski definition) is 1. The molecule has 274 valence electrons. The molecular formula is C52H56N2. The predicted molar refractivity (Wildman–Crippen MR) is 234 cm³/mol. The minimum absolute atomic E-state index is 0.220. The van der Waals surface area contributed by atoms with Crippen molar-refractivity contribution in [2.45, 2.75) is 76.4 Å². The minimum Gasteiger partial charge on any atom is -0.332 e. The highest BCUT2D eigenvalue weighted by Gasteiger charge is 2.34. The van der Waals surface area contributed by atoms with E-state index in [4.69, 9.17) is 0 Å². The molecule has 0 amide bonds. The van der Waals surface area contributed by atoms with Gasteiger partial charge in [0.1, 0.15) is 0 Å². The highest BCUT2D eigenvalue weighted by molar-refractivity contribution is 5.77. The van der Waals surface area contributed by atoms with Crippen LogP contribution in [0.5, 0.6) is 0 Å². The smallest absolute Gasteiger partial charge is 0.0851 e. The molecule has 0 saturated heterocycles. The average Bonchev–Trinajstić information content (AvgIpc) is 3.22. The second-order valence-corrected chi connectivity index (χ2v) is 14.8. The largest absolute Gasteiger partial charge is 0.332 e. The van der Waals surface area contributed by atoms with Gasteiger partial charge in [0.05, 0.1) is 11.1 Å². The van der Waals surface area contributed by atoms with Crippen LogP contribution < -0.4 is 5.32 Å². The van der Waals surface area contributed by atoms with Crippen LogP contribution >= 0.6 is 0 Å². The van der Waals surface area contributed by atoms with Gasteiger partial charge in [-0.05, 0) is 104 Å². The first-order valence-corrected chi connectivity index (χ1v) is 19.5. The Morgan fingerprint density at radius 1 is 0.796 bits per heavy atom. The van der Waals surface area contributed by atoms with Gasteiger partial charge in [0.15, 0.2) is 0 Å². The maximum Gasteiger partial charge on any atom is 0.0851 e. The Balaban J connectivity index is 1.09. The number of rotatable bonds is 14. The van der Waals surface area contributed by atoms with E-state index < -0.39 is 5.54 Å². The van der Waals surface area contributed by atoms with Gasteiger partial charge in [-0.15, -0.1) is 6.58 Å². The van der Waals surface area contributed by atoms with Crippen LogP contribution in [0.3, 0.4) is 0 Å². The zero-order chi connectivity index (χ0) is 38.0. The Kier molecular flexibility index (Phi) is 12.5. The molecule has 0 bridgehead atoms. The first-order chi connectivity index (χ1) is 26.3. The molecule has 3 aromatic carbocycles. The van der Waals surface area contributed by atoms with Gasteiger partial charge in [-0.2, -0.15) is 0 Å². The minimum atomic E-state index is -0.459. The van der Waals surface area contributed by atoms with Crippen molar-refractivity contribution in [1.29, 1.82) is 0 Å². The highest BCUT2D eigenvalue weighted by atomic mass is 15.2. The van der Waals surface area contributed by atoms with Crippen LogP contribution in [0.1, 0.15) is 87.1 Å². The number of hydrogen-bond acceptors (Lipinski definition) is 2. The Labute approximate surface area is 325 Å². The first-order valence-electron chi connectivity index (χ1n) is 19.5. The molecule has 2 nitrogen and oxygen atoms in total. The lowest BCUT2D eigenvalue weighted by Gasteiger charge is -2.43. The molecule has 0 aliphatic heterocycles. The van der Waals surface area contributed by atoms with Crippen LogP contribution in [0.15, 0.2) is 201 Å². The van der Waals surface area contributed by atoms with Crippen molar-refractivity contribution in [2.75, 3.05) is 0 Å². The average molecular weight is 709 g/mol. The molecule has 0 radical (unpaired) electrons. The summed E-state index contributed by atoms with van der Waals surface area (Å²) in [7, 11) is 0. The lowest BCUT2D eigenvalue weighted by Crippen LogP contribution is -2.44. The number of nitrogens with zero attached hydrogens (tertiary/aromatic N) is 1. The molecular weight excluding hydrogens is 653 g/mol. The van der Waals surface area contributed by atoms with E-state index in [1.807, 2.05) is 25.2 Å². The molecule has 0 fully saturated rings. The third kappa shape index (κ3) is 8.67. The van der Waals surface area contributed by atoms with Crippen molar-refractivity contribution in [3.05, 3.63) is 228 Å². The third-order valence-electron chi connectivity index (χ3n) is 11.1. The molecule has 2 heteroatoms. The van der Waals surface area contributed by atoms with E-state index in [0.717, 1.165) is 31.4 Å². The Hall–Kier alpha value is -5.44. The van der Waals surface area contributed by atoms with Gasteiger partial charge in [-0.1, -0.05) is 171 Å². The van der Waals surface area contributed by atoms with Gasteiger partial charge >= 0.3 is 0 Å². The van der Waals surface area contributed by atoms with Gasteiger partial charge < -0.3 is 4.90 Å². The van der Waals surface area contributed by atoms with Crippen molar-refractivity contribution in [2.24, 2.45) is 0 Å². The highest BCUT2D eigenvalue weighted by Crippen LogP contribution is 2.39. The zero-order valence-corrected chi connectivity index (χ0v) is 32.6. The summed E-state index contributed by atoms with van der Waals surface area (Å²) in [6, 6.07) is 29.1. The quantitative estimate of drug-likeness (QED) is 0.132. The van der Waals surface area contributed by atoms with Crippen molar-refractivity contribution >= 4 is 11.1 Å². The normalized spacial score (nSPS) is 20.7. The van der Waals surface area contributed by atoms with Gasteiger partial charge in [0.2, 0.25) is 0 Å². The lowest BCUT2D eigenvalue weighted by molar-refractivity contribution is 0.251. The molecule has 3 aliphatic carbocycles. The number of allylic oxidation sites excluding steroid dienone is 15. The molecule has 0 aromatic heterocycles. The fourth-order valence-corrected chi connectivity index (χ4v) is 7.92. The van der Waals surface area contributed by atoms with E-state index in [1.54, 1.807) is 0 Å². The van der Waals surface area contributed by atoms with Gasteiger partial charge in [-0.25, -0.2) is 0 Å². The van der Waals surface area contributed by atoms with Crippen LogP contribution in [0.2, 0.25) is 0 Å². The molecule has 6 rings (SSSR count). The van der Waals surface area contributed by atoms with Crippen LogP contribution in [0.25, 0.3) is 11.1 Å². The van der Waals surface area contributed by atoms with Gasteiger partial charge in [-0.3, -0.25) is 5.32 Å². The van der Waals surface area contributed by atoms with E-state index in [9.17, 15) is 0 Å². The van der Waals surface area contributed by atoms with E-state index in [2.05, 4.69) is 202 Å². The molecule has 1 N–H and O–H groups in total. The van der Waals surface area contributed by atoms with Crippen LogP contribution in [0, 0.1) is 0 Å². The second-order valence-electron chi connectivity index (χ2n) is 14.8. The summed E-state index contributed by atoms with van der Waals surface area (Å²) < 4.78 is 0. The third-order valence-corrected chi connectivity index (χ3v) is 11.1. The maximum absolute atomic E-state index is 4.48. The van der Waals surface area contributed by atoms with E-state index in [0.29, 0.717) is 5.92 Å². The Morgan fingerprint density at radius 2 is 1.48 bits per heavy atom. The molecule has 0 spiro atoms. The van der Waals surface area contributed by atoms with Crippen molar-refractivity contribution in [3.8, 4) is 0 Å². The summed E-state index contributed by atoms with van der Waals surface area (Å²) in [5, 5.41) is 3.88. The van der Waals surface area contributed by atoms with E-state index >= 15 is 0 Å². The SMILES string of the molecule is C=CC(C)(c1ccc(C2=CCC(c3ccc(C4=CCC(NC(C)(C=CC)c5ccccc5)C=C4)cc3)C=C2)cc1)N(C(=C)/C=C\C=C/C)C1=CC=CCC1. The van der Waals surface area contributed by atoms with Gasteiger partial charge in [0, 0.05) is 23.4 Å². The fraction of sp³-hybridized carbons (Fsp3) is 0.231. The summed E-state index contributed by atoms with van der Waals surface area (Å²) in [5.41, 5.74) is 10.4. The Bertz CT molecular complexity index is 2060. The van der Waals surface area contributed by atoms with E-state index in [1.165, 1.54) is 44.7 Å². The summed E-state index contributed by atoms with van der Waals surface area (Å²) >= 11 is 0. The monoisotopic (exact) mass is 708 g/mol. The summed E-state index contributed by atoms with van der Waals surface area (Å²) in [6.45, 7) is 17.4. The summed E-state index contributed by atoms with van der Waals surface area (Å²) in [4.78, 5) is 2.34. The summed E-state index contributed by atoms with van der Waals surface area (Å²) in [6.07, 6.45) is 39.2. The standard InChI is InChI=1S/C52H56N2/c1-7-10-13-18-40(4)54(50-21-16-12-17-22-50)52(6,9-3)48-35-31-45(32-36-48)43-27-23-41(24-28-43)42-25-29-44(30-26-42)46-33-37-49(38-34-46)53-51(5,39-8-2)47-19-14-11-15-20-47/h7-16,18-21,23,25-37,39,41,49,53H,3-4,17,22,24,38H2,1-2,5-6H3/b10-7-,18-13-,39-8?. The number of benzene rings is 3. The molecule has 0 saturated carbocycles. The van der Waals surface area contributed by atoms with Crippen LogP contribution in [-0.2, 0) is 11.1 Å². The molecule has 0 heterocycles. The molecule has 54 heavy (non-hydrogen) atoms. The summed E-state index contributed by atoms with van der Waals surface area (Å²) in [5.74, 6) is 0.367. The predicted octanol–water partition coefficient (Wildman–Crippen LogP) is 13.2. The fourth-order valence-electron chi connectivity index (χ4n) is 7.92. The van der Waals surface area contributed by atoms with Crippen molar-refractivity contribution in [1.82, 2.24) is 10.2 Å². The van der Waals surface area contributed by atoms with Crippen molar-refractivity contribution in [3.63, 3.8) is 0 Å². The maximum atomic E-state index is 4.48. The second kappa shape index (κ2) is 17.6. The molecule has 3 aliphatic rings. The first kappa shape index (κ1) is 38.3. The molecule has 4 atom stereocenters. The lowest BCUT2D eigenvalue weighted by atomic mass is 9.85. The molecule has 3 aromatic rings. The number of nitrogens with one attached hydrogen (secondary N) is 1. The van der Waals surface area contributed by atoms with E-state index in [-0.39, 0.29) is 11.6 Å². The van der Waals surface area contributed by atoms with Gasteiger partial charge in [0.25, 0.3) is 0 Å². The Morgan fingerprint density at radius 3 is 2.06 bits per heavy atom.